The molecule has 0 spiro atoms. The second-order valence-corrected chi connectivity index (χ2v) is 8.71. The molecular weight excluding hydrogens is 464 g/mol. The van der Waals surface area contributed by atoms with Crippen molar-refractivity contribution >= 4 is 34.7 Å². The van der Waals surface area contributed by atoms with Crippen molar-refractivity contribution in [2.24, 2.45) is 5.41 Å². The number of rotatable bonds is 9. The van der Waals surface area contributed by atoms with Gasteiger partial charge in [-0.15, -0.1) is 0 Å². The molecule has 1 fully saturated rings. The fourth-order valence-electron chi connectivity index (χ4n) is 3.53. The van der Waals surface area contributed by atoms with Crippen LogP contribution in [0.3, 0.4) is 0 Å². The number of carbonyl (C=O) groups is 2. The van der Waals surface area contributed by atoms with Crippen molar-refractivity contribution in [3.63, 3.8) is 0 Å². The number of aryl methyl sites for hydroxylation is 1. The second kappa shape index (κ2) is 9.80. The number of alkyl halides is 2. The molecular formula is C24H22ClF2N5O2. The fraction of sp³-hybridized carbons (Fsp3) is 0.292. The van der Waals surface area contributed by atoms with Gasteiger partial charge in [0.25, 0.3) is 6.43 Å². The van der Waals surface area contributed by atoms with Crippen LogP contribution >= 0.6 is 11.6 Å². The summed E-state index contributed by atoms with van der Waals surface area (Å²) in [6.07, 6.45) is 3.17. The minimum absolute atomic E-state index is 0.106. The van der Waals surface area contributed by atoms with E-state index in [4.69, 9.17) is 11.6 Å². The Labute approximate surface area is 200 Å². The summed E-state index contributed by atoms with van der Waals surface area (Å²) in [6, 6.07) is 7.60. The molecule has 2 heterocycles. The van der Waals surface area contributed by atoms with Crippen LogP contribution in [-0.2, 0) is 11.3 Å². The third kappa shape index (κ3) is 5.53. The molecule has 4 rings (SSSR count). The summed E-state index contributed by atoms with van der Waals surface area (Å²) < 4.78 is 26.5. The van der Waals surface area contributed by atoms with E-state index in [2.05, 4.69) is 25.6 Å². The predicted octanol–water partition coefficient (Wildman–Crippen LogP) is 5.18. The molecule has 0 unspecified atom stereocenters. The minimum atomic E-state index is -2.68. The Hall–Kier alpha value is -3.46. The predicted molar refractivity (Wildman–Crippen MR) is 123 cm³/mol. The van der Waals surface area contributed by atoms with Gasteiger partial charge >= 0.3 is 0 Å². The van der Waals surface area contributed by atoms with Crippen molar-refractivity contribution in [2.45, 2.75) is 39.2 Å². The molecule has 1 saturated carbocycles. The largest absolute Gasteiger partial charge is 0.354 e. The fourth-order valence-corrected chi connectivity index (χ4v) is 3.71. The third-order valence-corrected chi connectivity index (χ3v) is 5.95. The zero-order valence-corrected chi connectivity index (χ0v) is 19.1. The summed E-state index contributed by atoms with van der Waals surface area (Å²) in [5.74, 6) is 0.221. The van der Waals surface area contributed by atoms with Crippen LogP contribution in [0, 0.1) is 12.3 Å². The summed E-state index contributed by atoms with van der Waals surface area (Å²) >= 11 is 5.81. The highest BCUT2D eigenvalue weighted by Gasteiger charge is 2.51. The topological polar surface area (TPSA) is 96.9 Å². The lowest BCUT2D eigenvalue weighted by Crippen LogP contribution is -2.33. The van der Waals surface area contributed by atoms with Crippen LogP contribution in [-0.4, -0.2) is 26.6 Å². The van der Waals surface area contributed by atoms with E-state index in [1.807, 2.05) is 0 Å². The number of nitrogens with one attached hydrogen (secondary N) is 2. The van der Waals surface area contributed by atoms with Gasteiger partial charge in [0.15, 0.2) is 5.78 Å². The van der Waals surface area contributed by atoms with E-state index < -0.39 is 11.8 Å². The van der Waals surface area contributed by atoms with Crippen LogP contribution in [0.4, 0.5) is 20.2 Å². The molecule has 1 aliphatic rings. The lowest BCUT2D eigenvalue weighted by atomic mass is 9.95. The number of halogens is 3. The first-order valence-electron chi connectivity index (χ1n) is 10.7. The number of pyridine rings is 1. The van der Waals surface area contributed by atoms with Crippen molar-refractivity contribution in [2.75, 3.05) is 5.32 Å². The first kappa shape index (κ1) is 23.7. The van der Waals surface area contributed by atoms with Gasteiger partial charge in [-0.1, -0.05) is 11.6 Å². The Morgan fingerprint density at radius 3 is 2.44 bits per heavy atom. The Kier molecular flexibility index (Phi) is 6.83. The lowest BCUT2D eigenvalue weighted by Gasteiger charge is -2.15. The van der Waals surface area contributed by atoms with Crippen molar-refractivity contribution in [1.29, 1.82) is 0 Å². The van der Waals surface area contributed by atoms with Crippen molar-refractivity contribution in [3.8, 4) is 0 Å². The molecule has 10 heteroatoms. The van der Waals surface area contributed by atoms with Crippen molar-refractivity contribution in [1.82, 2.24) is 20.3 Å². The molecule has 7 nitrogen and oxygen atoms in total. The zero-order chi connectivity index (χ0) is 24.3. The number of Topliss-reactive ketones (excluding diaryl/α,β-unsaturated/α-hetero) is 1. The molecule has 176 valence electrons. The van der Waals surface area contributed by atoms with E-state index in [-0.39, 0.29) is 40.9 Å². The van der Waals surface area contributed by atoms with Crippen LogP contribution in [0.15, 0.2) is 48.9 Å². The SMILES string of the molecule is Cc1ncc(C(=O)CC2(C(=O)NCc3ccc(Nc4ccc(Cl)cc4C(F)F)cn3)CC2)cn1. The monoisotopic (exact) mass is 485 g/mol. The van der Waals surface area contributed by atoms with Crippen LogP contribution in [0.5, 0.6) is 0 Å². The second-order valence-electron chi connectivity index (χ2n) is 8.28. The summed E-state index contributed by atoms with van der Waals surface area (Å²) in [4.78, 5) is 37.6. The maximum absolute atomic E-state index is 13.3. The molecule has 34 heavy (non-hydrogen) atoms. The van der Waals surface area contributed by atoms with Crippen molar-refractivity contribution in [3.05, 3.63) is 76.6 Å². The Morgan fingerprint density at radius 1 is 1.09 bits per heavy atom. The molecule has 1 aliphatic carbocycles. The van der Waals surface area contributed by atoms with Crippen molar-refractivity contribution < 1.29 is 18.4 Å². The maximum atomic E-state index is 13.3. The number of benzene rings is 1. The molecule has 3 aromatic rings. The summed E-state index contributed by atoms with van der Waals surface area (Å²) in [6.45, 7) is 1.92. The number of carbonyl (C=O) groups excluding carboxylic acids is 2. The van der Waals surface area contributed by atoms with Gasteiger partial charge in [0.1, 0.15) is 5.82 Å². The van der Waals surface area contributed by atoms with Crippen LogP contribution in [0.1, 0.15) is 53.1 Å². The molecule has 0 aliphatic heterocycles. The number of nitrogens with zero attached hydrogens (tertiary/aromatic N) is 3. The van der Waals surface area contributed by atoms with Crippen LogP contribution in [0.25, 0.3) is 0 Å². The van der Waals surface area contributed by atoms with Gasteiger partial charge in [-0.3, -0.25) is 14.6 Å². The smallest absolute Gasteiger partial charge is 0.265 e. The number of anilines is 2. The average molecular weight is 486 g/mol. The molecule has 0 radical (unpaired) electrons. The average Bonchev–Trinajstić information content (AvgIpc) is 3.60. The van der Waals surface area contributed by atoms with E-state index in [0.717, 1.165) is 0 Å². The van der Waals surface area contributed by atoms with Gasteiger partial charge in [0.05, 0.1) is 35.1 Å². The number of aromatic nitrogens is 3. The highest BCUT2D eigenvalue weighted by molar-refractivity contribution is 6.30. The van der Waals surface area contributed by atoms with E-state index in [1.165, 1.54) is 36.8 Å². The molecule has 0 atom stereocenters. The quantitative estimate of drug-likeness (QED) is 0.405. The summed E-state index contributed by atoms with van der Waals surface area (Å²) in [5.41, 5.74) is 0.836. The zero-order valence-electron chi connectivity index (χ0n) is 18.3. The highest BCUT2D eigenvalue weighted by atomic mass is 35.5. The van der Waals surface area contributed by atoms with Gasteiger partial charge in [-0.05, 0) is 50.1 Å². The van der Waals surface area contributed by atoms with E-state index >= 15 is 0 Å². The van der Waals surface area contributed by atoms with Gasteiger partial charge in [-0.25, -0.2) is 18.7 Å². The van der Waals surface area contributed by atoms with Crippen LogP contribution in [0.2, 0.25) is 5.02 Å². The van der Waals surface area contributed by atoms with Gasteiger partial charge in [0.2, 0.25) is 5.91 Å². The van der Waals surface area contributed by atoms with E-state index in [0.29, 0.717) is 35.6 Å². The van der Waals surface area contributed by atoms with Gasteiger partial charge in [-0.2, -0.15) is 0 Å². The molecule has 2 N–H and O–H groups in total. The highest BCUT2D eigenvalue weighted by Crippen LogP contribution is 2.49. The number of hydrogen-bond acceptors (Lipinski definition) is 6. The van der Waals surface area contributed by atoms with Gasteiger partial charge in [0, 0.05) is 35.1 Å². The minimum Gasteiger partial charge on any atom is -0.354 e. The number of ketones is 1. The summed E-state index contributed by atoms with van der Waals surface area (Å²) in [5, 5.41) is 5.99. The Bertz CT molecular complexity index is 1200. The Balaban J connectivity index is 1.33. The lowest BCUT2D eigenvalue weighted by molar-refractivity contribution is -0.126. The molecule has 1 amide bonds. The summed E-state index contributed by atoms with van der Waals surface area (Å²) in [7, 11) is 0. The number of hydrogen-bond donors (Lipinski definition) is 2. The molecule has 2 aromatic heterocycles. The molecule has 0 saturated heterocycles. The number of amides is 1. The van der Waals surface area contributed by atoms with Crippen LogP contribution < -0.4 is 10.6 Å². The van der Waals surface area contributed by atoms with E-state index in [9.17, 15) is 18.4 Å². The van der Waals surface area contributed by atoms with Gasteiger partial charge < -0.3 is 10.6 Å². The molecule has 1 aromatic carbocycles. The first-order chi connectivity index (χ1) is 16.3. The standard InChI is InChI=1S/C24H22ClF2N5O2/c1-14-28-10-15(11-29-14)21(33)9-24(6-7-24)23(34)31-12-17-3-4-18(13-30-17)32-20-5-2-16(25)8-19(20)22(26)27/h2-5,8,10-11,13,22,32H,6-7,9,12H2,1H3,(H,31,34). The Morgan fingerprint density at radius 2 is 1.82 bits per heavy atom. The molecule has 0 bridgehead atoms. The van der Waals surface area contributed by atoms with E-state index in [1.54, 1.807) is 19.1 Å². The first-order valence-corrected chi connectivity index (χ1v) is 11.0. The normalized spacial score (nSPS) is 14.0. The third-order valence-electron chi connectivity index (χ3n) is 5.72. The maximum Gasteiger partial charge on any atom is 0.265 e.